The van der Waals surface area contributed by atoms with Crippen LogP contribution in [0.2, 0.25) is 0 Å². The lowest BCUT2D eigenvalue weighted by atomic mass is 9.96. The molecule has 2 heterocycles. The summed E-state index contributed by atoms with van der Waals surface area (Å²) in [4.78, 5) is 24.7. The number of H-pyrrole nitrogens is 1. The molecule has 0 spiro atoms. The second kappa shape index (κ2) is 8.82. The largest absolute Gasteiger partial charge is 0.341 e. The zero-order chi connectivity index (χ0) is 23.6. The summed E-state index contributed by atoms with van der Waals surface area (Å²) in [7, 11) is 0. The van der Waals surface area contributed by atoms with Gasteiger partial charge in [-0.1, -0.05) is 32.9 Å². The van der Waals surface area contributed by atoms with E-state index >= 15 is 0 Å². The maximum absolute atomic E-state index is 13.8. The van der Waals surface area contributed by atoms with Crippen molar-refractivity contribution in [1.82, 2.24) is 15.0 Å². The summed E-state index contributed by atoms with van der Waals surface area (Å²) in [6.07, 6.45) is 3.43. The van der Waals surface area contributed by atoms with Crippen molar-refractivity contribution in [3.63, 3.8) is 0 Å². The molecule has 8 heteroatoms. The van der Waals surface area contributed by atoms with Crippen molar-refractivity contribution in [1.29, 1.82) is 0 Å². The van der Waals surface area contributed by atoms with E-state index in [2.05, 4.69) is 41.4 Å². The third kappa shape index (κ3) is 5.06. The number of urea groups is 1. The lowest BCUT2D eigenvalue weighted by molar-refractivity contribution is 0.262. The molecule has 3 N–H and O–H groups in total. The summed E-state index contributed by atoms with van der Waals surface area (Å²) >= 11 is 0. The van der Waals surface area contributed by atoms with Crippen LogP contribution in [0.3, 0.4) is 0 Å². The Morgan fingerprint density at radius 1 is 0.939 bits per heavy atom. The van der Waals surface area contributed by atoms with Crippen LogP contribution in [0.25, 0.3) is 22.5 Å². The maximum Gasteiger partial charge on any atom is 0.323 e. The number of aromatic amines is 1. The minimum atomic E-state index is -0.855. The highest BCUT2D eigenvalue weighted by atomic mass is 19.1. The number of halogens is 2. The Bertz CT molecular complexity index is 1300. The zero-order valence-electron chi connectivity index (χ0n) is 18.4. The Labute approximate surface area is 190 Å². The zero-order valence-corrected chi connectivity index (χ0v) is 18.4. The first-order valence-corrected chi connectivity index (χ1v) is 10.3. The molecule has 0 fully saturated rings. The number of pyridine rings is 1. The van der Waals surface area contributed by atoms with Crippen molar-refractivity contribution in [2.24, 2.45) is 0 Å². The van der Waals surface area contributed by atoms with E-state index < -0.39 is 17.7 Å². The first kappa shape index (κ1) is 22.1. The summed E-state index contributed by atoms with van der Waals surface area (Å²) < 4.78 is 26.9. The van der Waals surface area contributed by atoms with Crippen molar-refractivity contribution in [3.8, 4) is 22.5 Å². The summed E-state index contributed by atoms with van der Waals surface area (Å²) in [5, 5.41) is 5.07. The maximum atomic E-state index is 13.8. The number of carbonyl (C=O) groups excluding carboxylic acids is 1. The molecule has 2 aromatic heterocycles. The quantitative estimate of drug-likeness (QED) is 0.340. The first-order valence-electron chi connectivity index (χ1n) is 10.3. The standard InChI is InChI=1S/C25H23F2N5O/c1-25(2,3)23-31-21(15-9-11-28-12-10-15)22(32-23)16-5-4-6-18(13-16)29-24(33)30-20-8-7-17(26)14-19(20)27/h4-14H,1-3H3,(H,31,32)(H2,29,30,33). The van der Waals surface area contributed by atoms with Gasteiger partial charge < -0.3 is 15.6 Å². The van der Waals surface area contributed by atoms with E-state index in [0.717, 1.165) is 34.4 Å². The molecule has 2 amide bonds. The normalized spacial score (nSPS) is 11.3. The number of hydrogen-bond acceptors (Lipinski definition) is 3. The van der Waals surface area contributed by atoms with Crippen LogP contribution in [0.15, 0.2) is 67.0 Å². The highest BCUT2D eigenvalue weighted by Crippen LogP contribution is 2.34. The number of carbonyl (C=O) groups is 1. The molecular formula is C25H23F2N5O. The molecule has 0 aliphatic heterocycles. The van der Waals surface area contributed by atoms with E-state index in [9.17, 15) is 13.6 Å². The number of aromatic nitrogens is 3. The fourth-order valence-electron chi connectivity index (χ4n) is 3.28. The van der Waals surface area contributed by atoms with Gasteiger partial charge in [0.2, 0.25) is 0 Å². The van der Waals surface area contributed by atoms with E-state index in [1.807, 2.05) is 18.2 Å². The van der Waals surface area contributed by atoms with Crippen molar-refractivity contribution in [2.75, 3.05) is 10.6 Å². The third-order valence-corrected chi connectivity index (χ3v) is 4.96. The van der Waals surface area contributed by atoms with Gasteiger partial charge in [-0.25, -0.2) is 18.6 Å². The molecular weight excluding hydrogens is 424 g/mol. The van der Waals surface area contributed by atoms with Gasteiger partial charge in [-0.05, 0) is 36.4 Å². The molecule has 4 rings (SSSR count). The van der Waals surface area contributed by atoms with E-state index in [-0.39, 0.29) is 11.1 Å². The van der Waals surface area contributed by atoms with Crippen molar-refractivity contribution in [3.05, 3.63) is 84.4 Å². The molecule has 0 atom stereocenters. The smallest absolute Gasteiger partial charge is 0.323 e. The van der Waals surface area contributed by atoms with E-state index in [1.54, 1.807) is 30.6 Å². The number of anilines is 2. The van der Waals surface area contributed by atoms with Gasteiger partial charge in [0.25, 0.3) is 0 Å². The van der Waals surface area contributed by atoms with E-state index in [1.165, 1.54) is 6.07 Å². The second-order valence-corrected chi connectivity index (χ2v) is 8.58. The van der Waals surface area contributed by atoms with Crippen LogP contribution in [-0.4, -0.2) is 21.0 Å². The van der Waals surface area contributed by atoms with Gasteiger partial charge in [-0.15, -0.1) is 0 Å². The van der Waals surface area contributed by atoms with Gasteiger partial charge in [0.05, 0.1) is 17.1 Å². The van der Waals surface area contributed by atoms with Crippen LogP contribution >= 0.6 is 0 Å². The third-order valence-electron chi connectivity index (χ3n) is 4.96. The van der Waals surface area contributed by atoms with Crippen LogP contribution in [0, 0.1) is 11.6 Å². The van der Waals surface area contributed by atoms with Crippen LogP contribution in [0.4, 0.5) is 25.0 Å². The molecule has 33 heavy (non-hydrogen) atoms. The number of benzene rings is 2. The minimum absolute atomic E-state index is 0.118. The molecule has 0 radical (unpaired) electrons. The number of nitrogens with zero attached hydrogens (tertiary/aromatic N) is 2. The van der Waals surface area contributed by atoms with Crippen LogP contribution in [0.1, 0.15) is 26.6 Å². The van der Waals surface area contributed by atoms with E-state index in [4.69, 9.17) is 4.98 Å². The van der Waals surface area contributed by atoms with Gasteiger partial charge in [-0.2, -0.15) is 0 Å². The molecule has 2 aromatic carbocycles. The van der Waals surface area contributed by atoms with Gasteiger partial charge >= 0.3 is 6.03 Å². The Morgan fingerprint density at radius 3 is 2.39 bits per heavy atom. The number of amides is 2. The summed E-state index contributed by atoms with van der Waals surface area (Å²) in [6.45, 7) is 6.22. The molecule has 0 unspecified atom stereocenters. The second-order valence-electron chi connectivity index (χ2n) is 8.58. The Morgan fingerprint density at radius 2 is 1.70 bits per heavy atom. The van der Waals surface area contributed by atoms with Crippen LogP contribution < -0.4 is 10.6 Å². The Hall–Kier alpha value is -4.07. The van der Waals surface area contributed by atoms with Crippen molar-refractivity contribution >= 4 is 17.4 Å². The number of nitrogens with one attached hydrogen (secondary N) is 3. The fourth-order valence-corrected chi connectivity index (χ4v) is 3.28. The molecule has 6 nitrogen and oxygen atoms in total. The summed E-state index contributed by atoms with van der Waals surface area (Å²) in [6, 6.07) is 13.3. The fraction of sp³-hybridized carbons (Fsp3) is 0.160. The summed E-state index contributed by atoms with van der Waals surface area (Å²) in [5.74, 6) is -0.746. The molecule has 4 aromatic rings. The lowest BCUT2D eigenvalue weighted by Crippen LogP contribution is -2.20. The molecule has 0 aliphatic carbocycles. The number of rotatable bonds is 4. The summed E-state index contributed by atoms with van der Waals surface area (Å²) in [5.41, 5.74) is 3.48. The molecule has 0 bridgehead atoms. The van der Waals surface area contributed by atoms with Crippen molar-refractivity contribution < 1.29 is 13.6 Å². The predicted molar refractivity (Wildman–Crippen MR) is 125 cm³/mol. The highest BCUT2D eigenvalue weighted by molar-refractivity contribution is 6.00. The lowest BCUT2D eigenvalue weighted by Gasteiger charge is -2.14. The molecule has 0 saturated carbocycles. The monoisotopic (exact) mass is 447 g/mol. The van der Waals surface area contributed by atoms with Crippen LogP contribution in [-0.2, 0) is 5.41 Å². The average molecular weight is 447 g/mol. The average Bonchev–Trinajstić information content (AvgIpc) is 3.23. The topological polar surface area (TPSA) is 82.7 Å². The number of hydrogen-bond donors (Lipinski definition) is 3. The van der Waals surface area contributed by atoms with E-state index in [0.29, 0.717) is 11.8 Å². The molecule has 168 valence electrons. The first-order chi connectivity index (χ1) is 15.7. The van der Waals surface area contributed by atoms with Crippen LogP contribution in [0.5, 0.6) is 0 Å². The Kier molecular flexibility index (Phi) is 5.91. The molecule has 0 saturated heterocycles. The van der Waals surface area contributed by atoms with Gasteiger partial charge in [0, 0.05) is 40.7 Å². The number of imidazole rings is 1. The predicted octanol–water partition coefficient (Wildman–Crippen LogP) is 6.36. The highest BCUT2D eigenvalue weighted by Gasteiger charge is 2.22. The molecule has 0 aliphatic rings. The van der Waals surface area contributed by atoms with Crippen molar-refractivity contribution in [2.45, 2.75) is 26.2 Å². The van der Waals surface area contributed by atoms with Gasteiger partial charge in [-0.3, -0.25) is 4.98 Å². The van der Waals surface area contributed by atoms with Gasteiger partial charge in [0.1, 0.15) is 17.5 Å². The SMILES string of the molecule is CC(C)(C)c1nc(-c2cccc(NC(=O)Nc3ccc(F)cc3F)c2)c(-c2ccncc2)[nH]1. The van der Waals surface area contributed by atoms with Gasteiger partial charge in [0.15, 0.2) is 0 Å². The minimum Gasteiger partial charge on any atom is -0.341 e. The Balaban J connectivity index is 1.63.